The van der Waals surface area contributed by atoms with Gasteiger partial charge in [-0.2, -0.15) is 11.3 Å². The third-order valence-corrected chi connectivity index (χ3v) is 4.41. The zero-order valence-corrected chi connectivity index (χ0v) is 13.7. The zero-order chi connectivity index (χ0) is 17.2. The van der Waals surface area contributed by atoms with Gasteiger partial charge in [-0.15, -0.1) is 0 Å². The number of nitrogens with zero attached hydrogens (tertiary/aromatic N) is 1. The van der Waals surface area contributed by atoms with Gasteiger partial charge in [0.15, 0.2) is 0 Å². The number of thiophene rings is 1. The predicted octanol–water partition coefficient (Wildman–Crippen LogP) is 4.17. The van der Waals surface area contributed by atoms with Crippen molar-refractivity contribution in [3.8, 4) is 11.5 Å². The van der Waals surface area contributed by atoms with Crippen molar-refractivity contribution in [3.05, 3.63) is 81.3 Å². The fourth-order valence-electron chi connectivity index (χ4n) is 2.50. The van der Waals surface area contributed by atoms with Crippen molar-refractivity contribution < 1.29 is 9.21 Å². The van der Waals surface area contributed by atoms with Gasteiger partial charge in [0.25, 0.3) is 5.91 Å². The van der Waals surface area contributed by atoms with Crippen LogP contribution in [0.4, 0.5) is 5.69 Å². The molecule has 4 aromatic rings. The van der Waals surface area contributed by atoms with Crippen LogP contribution in [0.15, 0.2) is 74.6 Å². The average molecular weight is 348 g/mol. The minimum Gasteiger partial charge on any atom is -0.403 e. The lowest BCUT2D eigenvalue weighted by Gasteiger charge is -2.09. The Hall–Kier alpha value is -3.25. The molecule has 0 radical (unpaired) electrons. The summed E-state index contributed by atoms with van der Waals surface area (Å²) < 4.78 is 5.37. The van der Waals surface area contributed by atoms with E-state index in [1.165, 1.54) is 11.3 Å². The molecule has 2 aromatic carbocycles. The molecule has 0 fully saturated rings. The average Bonchev–Trinajstić information content (AvgIpc) is 3.17. The standard InChI is InChI=1S/C19H12N2O3S/c22-17(12-9-10-25-11-12)20-15-7-3-1-5-13(15)18-21-16-8-4-2-6-14(16)19(23)24-18/h1-11H,(H,20,22). The molecule has 122 valence electrons. The molecule has 5 nitrogen and oxygen atoms in total. The number of benzene rings is 2. The summed E-state index contributed by atoms with van der Waals surface area (Å²) in [4.78, 5) is 28.9. The lowest BCUT2D eigenvalue weighted by molar-refractivity contribution is 0.102. The number of rotatable bonds is 3. The van der Waals surface area contributed by atoms with Gasteiger partial charge in [0, 0.05) is 5.38 Å². The number of carbonyl (C=O) groups excluding carboxylic acids is 1. The van der Waals surface area contributed by atoms with Crippen molar-refractivity contribution in [2.45, 2.75) is 0 Å². The number of hydrogen-bond donors (Lipinski definition) is 1. The van der Waals surface area contributed by atoms with Crippen molar-refractivity contribution in [2.24, 2.45) is 0 Å². The first-order valence-corrected chi connectivity index (χ1v) is 8.49. The highest BCUT2D eigenvalue weighted by Crippen LogP contribution is 2.27. The van der Waals surface area contributed by atoms with E-state index in [0.29, 0.717) is 27.7 Å². The molecule has 0 spiro atoms. The molecule has 6 heteroatoms. The van der Waals surface area contributed by atoms with E-state index >= 15 is 0 Å². The second kappa shape index (κ2) is 6.33. The summed E-state index contributed by atoms with van der Waals surface area (Å²) in [6.07, 6.45) is 0. The van der Waals surface area contributed by atoms with Crippen LogP contribution in [0.3, 0.4) is 0 Å². The van der Waals surface area contributed by atoms with Crippen molar-refractivity contribution in [3.63, 3.8) is 0 Å². The largest absolute Gasteiger partial charge is 0.403 e. The molecular weight excluding hydrogens is 336 g/mol. The van der Waals surface area contributed by atoms with E-state index in [-0.39, 0.29) is 11.8 Å². The summed E-state index contributed by atoms with van der Waals surface area (Å²) in [7, 11) is 0. The maximum absolute atomic E-state index is 12.3. The van der Waals surface area contributed by atoms with Gasteiger partial charge in [-0.3, -0.25) is 4.79 Å². The highest BCUT2D eigenvalue weighted by Gasteiger charge is 2.14. The number of hydrogen-bond acceptors (Lipinski definition) is 5. The molecule has 0 bridgehead atoms. The molecule has 0 atom stereocenters. The number of amides is 1. The molecule has 0 aliphatic heterocycles. The number of anilines is 1. The molecular formula is C19H12N2O3S. The van der Waals surface area contributed by atoms with Crippen LogP contribution < -0.4 is 10.9 Å². The summed E-state index contributed by atoms with van der Waals surface area (Å²) in [5.74, 6) is -0.0539. The Morgan fingerprint density at radius 1 is 1.04 bits per heavy atom. The van der Waals surface area contributed by atoms with Crippen molar-refractivity contribution in [2.75, 3.05) is 5.32 Å². The molecule has 4 rings (SSSR count). The van der Waals surface area contributed by atoms with Gasteiger partial charge in [-0.1, -0.05) is 24.3 Å². The fraction of sp³-hybridized carbons (Fsp3) is 0. The molecule has 2 heterocycles. The van der Waals surface area contributed by atoms with Crippen LogP contribution in [-0.4, -0.2) is 10.9 Å². The van der Waals surface area contributed by atoms with Crippen LogP contribution in [-0.2, 0) is 0 Å². The van der Waals surface area contributed by atoms with E-state index < -0.39 is 5.63 Å². The van der Waals surface area contributed by atoms with E-state index in [1.54, 1.807) is 53.9 Å². The summed E-state index contributed by atoms with van der Waals surface area (Å²) in [5.41, 5.74) is 1.75. The molecule has 0 saturated carbocycles. The van der Waals surface area contributed by atoms with Crippen LogP contribution in [0.25, 0.3) is 22.4 Å². The van der Waals surface area contributed by atoms with Gasteiger partial charge >= 0.3 is 5.63 Å². The van der Waals surface area contributed by atoms with Gasteiger partial charge in [0.2, 0.25) is 5.89 Å². The minimum absolute atomic E-state index is 0.171. The first kappa shape index (κ1) is 15.3. The maximum Gasteiger partial charge on any atom is 0.347 e. The smallest absolute Gasteiger partial charge is 0.347 e. The Balaban J connectivity index is 1.79. The first-order chi connectivity index (χ1) is 12.2. The molecule has 2 aromatic heterocycles. The van der Waals surface area contributed by atoms with Gasteiger partial charge in [-0.25, -0.2) is 9.78 Å². The van der Waals surface area contributed by atoms with Crippen LogP contribution in [0, 0.1) is 0 Å². The summed E-state index contributed by atoms with van der Waals surface area (Å²) >= 11 is 1.45. The highest BCUT2D eigenvalue weighted by atomic mass is 32.1. The lowest BCUT2D eigenvalue weighted by Crippen LogP contribution is -2.12. The quantitative estimate of drug-likeness (QED) is 0.603. The fourth-order valence-corrected chi connectivity index (χ4v) is 3.14. The van der Waals surface area contributed by atoms with Crippen LogP contribution >= 0.6 is 11.3 Å². The molecule has 0 aliphatic rings. The normalized spacial score (nSPS) is 10.7. The predicted molar refractivity (Wildman–Crippen MR) is 98.0 cm³/mol. The number of nitrogens with one attached hydrogen (secondary N) is 1. The molecule has 25 heavy (non-hydrogen) atoms. The van der Waals surface area contributed by atoms with Crippen molar-refractivity contribution in [1.82, 2.24) is 4.98 Å². The molecule has 0 saturated heterocycles. The topological polar surface area (TPSA) is 72.2 Å². The lowest BCUT2D eigenvalue weighted by atomic mass is 10.1. The number of carbonyl (C=O) groups is 1. The van der Waals surface area contributed by atoms with Gasteiger partial charge in [0.05, 0.1) is 27.7 Å². The Morgan fingerprint density at radius 3 is 2.68 bits per heavy atom. The number of aromatic nitrogens is 1. The molecule has 1 N–H and O–H groups in total. The summed E-state index contributed by atoms with van der Waals surface area (Å²) in [5, 5.41) is 6.88. The van der Waals surface area contributed by atoms with E-state index in [0.717, 1.165) is 0 Å². The zero-order valence-electron chi connectivity index (χ0n) is 12.9. The second-order valence-corrected chi connectivity index (χ2v) is 6.12. The molecule has 0 aliphatic carbocycles. The Labute approximate surface area is 146 Å². The minimum atomic E-state index is -0.459. The molecule has 0 unspecified atom stereocenters. The van der Waals surface area contributed by atoms with Crippen molar-refractivity contribution >= 4 is 33.8 Å². The second-order valence-electron chi connectivity index (χ2n) is 5.34. The Bertz CT molecular complexity index is 1120. The van der Waals surface area contributed by atoms with E-state index in [1.807, 2.05) is 11.4 Å². The van der Waals surface area contributed by atoms with Crippen molar-refractivity contribution in [1.29, 1.82) is 0 Å². The van der Waals surface area contributed by atoms with E-state index in [2.05, 4.69) is 10.3 Å². The van der Waals surface area contributed by atoms with Crippen LogP contribution in [0.1, 0.15) is 10.4 Å². The van der Waals surface area contributed by atoms with Crippen LogP contribution in [0.2, 0.25) is 0 Å². The van der Waals surface area contributed by atoms with E-state index in [9.17, 15) is 9.59 Å². The maximum atomic E-state index is 12.3. The van der Waals surface area contributed by atoms with Crippen LogP contribution in [0.5, 0.6) is 0 Å². The third-order valence-electron chi connectivity index (χ3n) is 3.72. The monoisotopic (exact) mass is 348 g/mol. The highest BCUT2D eigenvalue weighted by molar-refractivity contribution is 7.08. The van der Waals surface area contributed by atoms with Gasteiger partial charge < -0.3 is 9.73 Å². The number of para-hydroxylation sites is 2. The van der Waals surface area contributed by atoms with Gasteiger partial charge in [0.1, 0.15) is 0 Å². The Morgan fingerprint density at radius 2 is 1.84 bits per heavy atom. The van der Waals surface area contributed by atoms with Gasteiger partial charge in [-0.05, 0) is 35.7 Å². The summed E-state index contributed by atoms with van der Waals surface area (Å²) in [6.45, 7) is 0. The number of fused-ring (bicyclic) bond motifs is 1. The SMILES string of the molecule is O=C(Nc1ccccc1-c1nc2ccccc2c(=O)o1)c1ccsc1. The molecule has 1 amide bonds. The summed E-state index contributed by atoms with van der Waals surface area (Å²) in [6, 6.07) is 15.8. The Kier molecular flexibility index (Phi) is 3.87. The third kappa shape index (κ3) is 2.95. The first-order valence-electron chi connectivity index (χ1n) is 7.55. The van der Waals surface area contributed by atoms with E-state index in [4.69, 9.17) is 4.42 Å².